The van der Waals surface area contributed by atoms with Crippen molar-refractivity contribution in [2.75, 3.05) is 13.2 Å². The van der Waals surface area contributed by atoms with E-state index in [2.05, 4.69) is 0 Å². The lowest BCUT2D eigenvalue weighted by molar-refractivity contribution is -0.145. The van der Waals surface area contributed by atoms with Crippen LogP contribution in [0.1, 0.15) is 44.1 Å². The normalized spacial score (nSPS) is 20.6. The molecule has 1 aliphatic carbocycles. The Balaban J connectivity index is 2.09. The molecule has 0 aromatic heterocycles. The van der Waals surface area contributed by atoms with Crippen molar-refractivity contribution in [1.29, 1.82) is 0 Å². The Morgan fingerprint density at radius 2 is 1.76 bits per heavy atom. The van der Waals surface area contributed by atoms with Gasteiger partial charge in [0.25, 0.3) is 0 Å². The first-order valence-corrected chi connectivity index (χ1v) is 7.50. The van der Waals surface area contributed by atoms with Crippen molar-refractivity contribution < 1.29 is 24.5 Å². The number of carboxylic acid groups (broad SMARTS) is 1. The first-order valence-electron chi connectivity index (χ1n) is 7.50. The van der Waals surface area contributed by atoms with E-state index in [1.807, 2.05) is 0 Å². The molecule has 0 bridgehead atoms. The van der Waals surface area contributed by atoms with Crippen LogP contribution in [0.15, 0.2) is 12.1 Å². The minimum Gasteiger partial charge on any atom is -0.504 e. The highest BCUT2D eigenvalue weighted by Gasteiger charge is 2.44. The topological polar surface area (TPSA) is 76.0 Å². The fourth-order valence-electron chi connectivity index (χ4n) is 3.36. The summed E-state index contributed by atoms with van der Waals surface area (Å²) in [7, 11) is 0. The molecule has 3 rings (SSSR count). The largest absolute Gasteiger partial charge is 0.504 e. The lowest BCUT2D eigenvalue weighted by atomic mass is 9.69. The minimum absolute atomic E-state index is 0.0706. The van der Waals surface area contributed by atoms with Crippen molar-refractivity contribution in [3.05, 3.63) is 17.7 Å². The van der Waals surface area contributed by atoms with Gasteiger partial charge < -0.3 is 19.7 Å². The summed E-state index contributed by atoms with van der Waals surface area (Å²) in [5.41, 5.74) is -0.550. The standard InChI is InChI=1S/C16H20O5/c17-13-11(16(15(18)19)7-2-1-3-8-16)5-6-12-14(13)21-10-4-9-20-12/h5-6,17H,1-4,7-10H2,(H,18,19). The Labute approximate surface area is 123 Å². The number of phenols is 1. The average Bonchev–Trinajstić information content (AvgIpc) is 2.74. The van der Waals surface area contributed by atoms with Crippen LogP contribution >= 0.6 is 0 Å². The zero-order valence-electron chi connectivity index (χ0n) is 11.9. The van der Waals surface area contributed by atoms with Crippen LogP contribution in [0.5, 0.6) is 17.2 Å². The van der Waals surface area contributed by atoms with Crippen LogP contribution in [0.25, 0.3) is 0 Å². The summed E-state index contributed by atoms with van der Waals surface area (Å²) in [4.78, 5) is 11.9. The maximum absolute atomic E-state index is 11.9. The number of carbonyl (C=O) groups is 1. The highest BCUT2D eigenvalue weighted by molar-refractivity contribution is 5.83. The zero-order valence-corrected chi connectivity index (χ0v) is 11.9. The predicted octanol–water partition coefficient (Wildman–Crippen LogP) is 2.84. The van der Waals surface area contributed by atoms with Gasteiger partial charge in [-0.15, -0.1) is 0 Å². The average molecular weight is 292 g/mol. The Kier molecular flexibility index (Phi) is 3.66. The molecule has 1 aromatic rings. The predicted molar refractivity (Wildman–Crippen MR) is 76.1 cm³/mol. The number of aliphatic carboxylic acids is 1. The van der Waals surface area contributed by atoms with Gasteiger partial charge in [-0.2, -0.15) is 0 Å². The molecule has 1 aliphatic heterocycles. The van der Waals surface area contributed by atoms with E-state index in [-0.39, 0.29) is 11.5 Å². The summed E-state index contributed by atoms with van der Waals surface area (Å²) >= 11 is 0. The number of fused-ring (bicyclic) bond motifs is 1. The Hall–Kier alpha value is -1.91. The number of rotatable bonds is 2. The van der Waals surface area contributed by atoms with Gasteiger partial charge in [-0.1, -0.05) is 25.3 Å². The Morgan fingerprint density at radius 1 is 1.05 bits per heavy atom. The fourth-order valence-corrected chi connectivity index (χ4v) is 3.36. The van der Waals surface area contributed by atoms with Gasteiger partial charge in [0, 0.05) is 12.0 Å². The van der Waals surface area contributed by atoms with Gasteiger partial charge in [0.15, 0.2) is 11.5 Å². The molecule has 2 aliphatic rings. The van der Waals surface area contributed by atoms with Crippen LogP contribution in [-0.2, 0) is 10.2 Å². The van der Waals surface area contributed by atoms with Gasteiger partial charge in [-0.05, 0) is 18.9 Å². The third-order valence-electron chi connectivity index (χ3n) is 4.52. The van der Waals surface area contributed by atoms with Crippen molar-refractivity contribution in [2.45, 2.75) is 43.9 Å². The molecule has 0 unspecified atom stereocenters. The molecule has 0 spiro atoms. The summed E-state index contributed by atoms with van der Waals surface area (Å²) < 4.78 is 11.1. The van der Waals surface area contributed by atoms with Gasteiger partial charge in [-0.25, -0.2) is 0 Å². The summed E-state index contributed by atoms with van der Waals surface area (Å²) in [5.74, 6) is -0.160. The fraction of sp³-hybridized carbons (Fsp3) is 0.562. The molecule has 5 heteroatoms. The van der Waals surface area contributed by atoms with Crippen molar-refractivity contribution in [3.63, 3.8) is 0 Å². The molecular formula is C16H20O5. The number of carboxylic acids is 1. The number of hydrogen-bond acceptors (Lipinski definition) is 4. The van der Waals surface area contributed by atoms with Gasteiger partial charge >= 0.3 is 5.97 Å². The van der Waals surface area contributed by atoms with Crippen LogP contribution in [0.4, 0.5) is 0 Å². The van der Waals surface area contributed by atoms with Crippen molar-refractivity contribution >= 4 is 5.97 Å². The molecule has 21 heavy (non-hydrogen) atoms. The molecule has 0 saturated heterocycles. The summed E-state index contributed by atoms with van der Waals surface area (Å²) in [6, 6.07) is 3.40. The Bertz CT molecular complexity index is 546. The van der Waals surface area contributed by atoms with E-state index < -0.39 is 11.4 Å². The van der Waals surface area contributed by atoms with Crippen LogP contribution in [0.3, 0.4) is 0 Å². The highest BCUT2D eigenvalue weighted by atomic mass is 16.5. The van der Waals surface area contributed by atoms with E-state index in [0.29, 0.717) is 37.4 Å². The molecule has 0 atom stereocenters. The lowest BCUT2D eigenvalue weighted by Gasteiger charge is -2.34. The van der Waals surface area contributed by atoms with E-state index in [1.54, 1.807) is 12.1 Å². The molecule has 5 nitrogen and oxygen atoms in total. The van der Waals surface area contributed by atoms with Crippen LogP contribution < -0.4 is 9.47 Å². The molecule has 1 aromatic carbocycles. The van der Waals surface area contributed by atoms with Gasteiger partial charge in [0.2, 0.25) is 5.75 Å². The molecular weight excluding hydrogens is 272 g/mol. The first kappa shape index (κ1) is 14.0. The van der Waals surface area contributed by atoms with Crippen molar-refractivity contribution in [3.8, 4) is 17.2 Å². The SMILES string of the molecule is O=C(O)C1(c2ccc3c(c2O)OCCCO3)CCCCC1. The lowest BCUT2D eigenvalue weighted by Crippen LogP contribution is -2.37. The number of benzene rings is 1. The monoisotopic (exact) mass is 292 g/mol. The van der Waals surface area contributed by atoms with Gasteiger partial charge in [-0.3, -0.25) is 4.79 Å². The third kappa shape index (κ3) is 2.30. The molecule has 114 valence electrons. The number of aromatic hydroxyl groups is 1. The van der Waals surface area contributed by atoms with E-state index in [9.17, 15) is 15.0 Å². The van der Waals surface area contributed by atoms with E-state index in [1.165, 1.54) is 0 Å². The molecule has 0 radical (unpaired) electrons. The summed E-state index contributed by atoms with van der Waals surface area (Å²) in [5, 5.41) is 20.3. The van der Waals surface area contributed by atoms with Crippen LogP contribution in [0, 0.1) is 0 Å². The number of ether oxygens (including phenoxy) is 2. The number of phenolic OH excluding ortho intramolecular Hbond substituents is 1. The molecule has 1 fully saturated rings. The highest BCUT2D eigenvalue weighted by Crippen LogP contribution is 2.49. The zero-order chi connectivity index (χ0) is 14.9. The Morgan fingerprint density at radius 3 is 2.48 bits per heavy atom. The van der Waals surface area contributed by atoms with Gasteiger partial charge in [0.1, 0.15) is 0 Å². The second-order valence-corrected chi connectivity index (χ2v) is 5.79. The second-order valence-electron chi connectivity index (χ2n) is 5.79. The summed E-state index contributed by atoms with van der Waals surface area (Å²) in [6.45, 7) is 1.000. The number of hydrogen-bond donors (Lipinski definition) is 2. The quantitative estimate of drug-likeness (QED) is 0.876. The third-order valence-corrected chi connectivity index (χ3v) is 4.52. The van der Waals surface area contributed by atoms with Crippen molar-refractivity contribution in [2.24, 2.45) is 0 Å². The maximum atomic E-state index is 11.9. The molecule has 2 N–H and O–H groups in total. The van der Waals surface area contributed by atoms with E-state index in [4.69, 9.17) is 9.47 Å². The molecule has 1 heterocycles. The first-order chi connectivity index (χ1) is 10.1. The van der Waals surface area contributed by atoms with E-state index in [0.717, 1.165) is 25.7 Å². The van der Waals surface area contributed by atoms with E-state index >= 15 is 0 Å². The van der Waals surface area contributed by atoms with Gasteiger partial charge in [0.05, 0.1) is 18.6 Å². The van der Waals surface area contributed by atoms with Crippen LogP contribution in [-0.4, -0.2) is 29.4 Å². The minimum atomic E-state index is -1.01. The second kappa shape index (κ2) is 5.47. The van der Waals surface area contributed by atoms with Crippen molar-refractivity contribution in [1.82, 2.24) is 0 Å². The molecule has 1 saturated carbocycles. The van der Waals surface area contributed by atoms with Crippen LogP contribution in [0.2, 0.25) is 0 Å². The molecule has 0 amide bonds. The summed E-state index contributed by atoms with van der Waals surface area (Å²) in [6.07, 6.45) is 4.61. The maximum Gasteiger partial charge on any atom is 0.314 e. The smallest absolute Gasteiger partial charge is 0.314 e.